The summed E-state index contributed by atoms with van der Waals surface area (Å²) in [6, 6.07) is 3.82. The Morgan fingerprint density at radius 3 is 2.93 bits per heavy atom. The molecule has 76 valence electrons. The maximum absolute atomic E-state index is 10.5. The van der Waals surface area contributed by atoms with Crippen LogP contribution in [0.2, 0.25) is 0 Å². The lowest BCUT2D eigenvalue weighted by molar-refractivity contribution is -0.136. The monoisotopic (exact) mass is 193 g/mol. The van der Waals surface area contributed by atoms with Crippen molar-refractivity contribution in [3.8, 4) is 0 Å². The summed E-state index contributed by atoms with van der Waals surface area (Å²) in [5.41, 5.74) is 1.80. The first-order chi connectivity index (χ1) is 6.63. The van der Waals surface area contributed by atoms with E-state index < -0.39 is 5.97 Å². The van der Waals surface area contributed by atoms with Crippen LogP contribution in [0.4, 0.5) is 0 Å². The number of aromatic nitrogens is 1. The predicted molar refractivity (Wildman–Crippen MR) is 54.3 cm³/mol. The molecule has 1 aromatic heterocycles. The highest BCUT2D eigenvalue weighted by Gasteiger charge is 2.06. The van der Waals surface area contributed by atoms with Gasteiger partial charge in [0.05, 0.1) is 12.1 Å². The second kappa shape index (κ2) is 4.74. The third-order valence-electron chi connectivity index (χ3n) is 2.35. The number of hydrogen-bond donors (Lipinski definition) is 1. The van der Waals surface area contributed by atoms with Crippen LogP contribution in [0.15, 0.2) is 18.3 Å². The highest BCUT2D eigenvalue weighted by molar-refractivity contribution is 5.69. The second-order valence-corrected chi connectivity index (χ2v) is 3.46. The maximum atomic E-state index is 10.5. The van der Waals surface area contributed by atoms with Gasteiger partial charge in [-0.1, -0.05) is 13.8 Å². The highest BCUT2D eigenvalue weighted by Crippen LogP contribution is 2.18. The Hall–Kier alpha value is -1.38. The normalized spacial score (nSPS) is 12.4. The van der Waals surface area contributed by atoms with Crippen molar-refractivity contribution in [2.24, 2.45) is 0 Å². The van der Waals surface area contributed by atoms with E-state index in [9.17, 15) is 4.79 Å². The largest absolute Gasteiger partial charge is 0.481 e. The first-order valence-electron chi connectivity index (χ1n) is 4.80. The van der Waals surface area contributed by atoms with Gasteiger partial charge >= 0.3 is 5.97 Å². The second-order valence-electron chi connectivity index (χ2n) is 3.46. The lowest BCUT2D eigenvalue weighted by atomic mass is 9.99. The lowest BCUT2D eigenvalue weighted by Gasteiger charge is -2.09. The van der Waals surface area contributed by atoms with Gasteiger partial charge in [-0.25, -0.2) is 0 Å². The Balaban J connectivity index is 2.83. The predicted octanol–water partition coefficient (Wildman–Crippen LogP) is 2.22. The number of rotatable bonds is 4. The van der Waals surface area contributed by atoms with Crippen molar-refractivity contribution in [3.63, 3.8) is 0 Å². The zero-order chi connectivity index (χ0) is 10.6. The van der Waals surface area contributed by atoms with Crippen molar-refractivity contribution in [2.45, 2.75) is 32.6 Å². The molecule has 0 aromatic carbocycles. The van der Waals surface area contributed by atoms with Crippen molar-refractivity contribution >= 4 is 5.97 Å². The van der Waals surface area contributed by atoms with Crippen molar-refractivity contribution in [3.05, 3.63) is 29.6 Å². The van der Waals surface area contributed by atoms with Crippen LogP contribution in [0, 0.1) is 0 Å². The van der Waals surface area contributed by atoms with E-state index in [0.717, 1.165) is 6.42 Å². The van der Waals surface area contributed by atoms with Gasteiger partial charge < -0.3 is 5.11 Å². The van der Waals surface area contributed by atoms with Crippen molar-refractivity contribution < 1.29 is 9.90 Å². The van der Waals surface area contributed by atoms with Gasteiger partial charge in [-0.05, 0) is 30.0 Å². The van der Waals surface area contributed by atoms with Crippen LogP contribution < -0.4 is 0 Å². The molecule has 0 amide bonds. The summed E-state index contributed by atoms with van der Waals surface area (Å²) in [6.07, 6.45) is 2.74. The average molecular weight is 193 g/mol. The van der Waals surface area contributed by atoms with Crippen molar-refractivity contribution in [1.29, 1.82) is 0 Å². The van der Waals surface area contributed by atoms with Crippen molar-refractivity contribution in [2.75, 3.05) is 0 Å². The molecule has 0 spiro atoms. The van der Waals surface area contributed by atoms with Gasteiger partial charge in [0.2, 0.25) is 0 Å². The molecule has 3 heteroatoms. The Labute approximate surface area is 83.8 Å². The van der Waals surface area contributed by atoms with Gasteiger partial charge in [-0.3, -0.25) is 9.78 Å². The van der Waals surface area contributed by atoms with Crippen LogP contribution in [0.5, 0.6) is 0 Å². The molecule has 1 atom stereocenters. The maximum Gasteiger partial charge on any atom is 0.309 e. The number of carboxylic acid groups (broad SMARTS) is 1. The molecule has 0 saturated carbocycles. The highest BCUT2D eigenvalue weighted by atomic mass is 16.4. The number of aliphatic carboxylic acids is 1. The molecule has 1 aromatic rings. The number of nitrogens with zero attached hydrogens (tertiary/aromatic N) is 1. The third kappa shape index (κ3) is 2.83. The molecule has 3 nitrogen and oxygen atoms in total. The summed E-state index contributed by atoms with van der Waals surface area (Å²) in [5.74, 6) is -0.371. The molecule has 1 unspecified atom stereocenters. The van der Waals surface area contributed by atoms with E-state index in [0.29, 0.717) is 11.6 Å². The fourth-order valence-electron chi connectivity index (χ4n) is 1.29. The molecule has 0 saturated heterocycles. The van der Waals surface area contributed by atoms with Crippen LogP contribution >= 0.6 is 0 Å². The van der Waals surface area contributed by atoms with Crippen LogP contribution in [0.3, 0.4) is 0 Å². The molecule has 0 fully saturated rings. The van der Waals surface area contributed by atoms with E-state index >= 15 is 0 Å². The SMILES string of the molecule is CCC(C)c1ccnc(CC(=O)O)c1. The Kier molecular flexibility index (Phi) is 3.63. The van der Waals surface area contributed by atoms with Gasteiger partial charge in [-0.15, -0.1) is 0 Å². The molecule has 0 radical (unpaired) electrons. The van der Waals surface area contributed by atoms with Gasteiger partial charge in [0, 0.05) is 6.20 Å². The van der Waals surface area contributed by atoms with E-state index in [4.69, 9.17) is 5.11 Å². The summed E-state index contributed by atoms with van der Waals surface area (Å²) in [6.45, 7) is 4.24. The molecule has 1 heterocycles. The van der Waals surface area contributed by atoms with E-state index in [1.54, 1.807) is 6.20 Å². The molecular weight excluding hydrogens is 178 g/mol. The Bertz CT molecular complexity index is 323. The molecule has 0 bridgehead atoms. The van der Waals surface area contributed by atoms with E-state index in [1.807, 2.05) is 12.1 Å². The van der Waals surface area contributed by atoms with Crippen molar-refractivity contribution in [1.82, 2.24) is 4.98 Å². The van der Waals surface area contributed by atoms with E-state index in [1.165, 1.54) is 5.56 Å². The van der Waals surface area contributed by atoms with Gasteiger partial charge in [0.1, 0.15) is 0 Å². The summed E-state index contributed by atoms with van der Waals surface area (Å²) in [5, 5.41) is 8.61. The first-order valence-corrected chi connectivity index (χ1v) is 4.80. The minimum atomic E-state index is -0.834. The number of carboxylic acids is 1. The number of carbonyl (C=O) groups is 1. The molecule has 0 aliphatic rings. The zero-order valence-corrected chi connectivity index (χ0v) is 8.53. The Morgan fingerprint density at radius 1 is 1.64 bits per heavy atom. The zero-order valence-electron chi connectivity index (χ0n) is 8.53. The fraction of sp³-hybridized carbons (Fsp3) is 0.455. The summed E-state index contributed by atoms with van der Waals surface area (Å²) >= 11 is 0. The van der Waals surface area contributed by atoms with Gasteiger partial charge in [0.15, 0.2) is 0 Å². The molecule has 0 aliphatic heterocycles. The quantitative estimate of drug-likeness (QED) is 0.797. The summed E-state index contributed by atoms with van der Waals surface area (Å²) < 4.78 is 0. The average Bonchev–Trinajstić information content (AvgIpc) is 2.16. The lowest BCUT2D eigenvalue weighted by Crippen LogP contribution is -2.03. The van der Waals surface area contributed by atoms with Crippen LogP contribution in [0.1, 0.15) is 37.4 Å². The number of hydrogen-bond acceptors (Lipinski definition) is 2. The summed E-state index contributed by atoms with van der Waals surface area (Å²) in [7, 11) is 0. The molecule has 1 N–H and O–H groups in total. The van der Waals surface area contributed by atoms with E-state index in [-0.39, 0.29) is 6.42 Å². The fourth-order valence-corrected chi connectivity index (χ4v) is 1.29. The smallest absolute Gasteiger partial charge is 0.309 e. The first kappa shape index (κ1) is 10.7. The van der Waals surface area contributed by atoms with Crippen LogP contribution in [0.25, 0.3) is 0 Å². The van der Waals surface area contributed by atoms with Crippen LogP contribution in [-0.2, 0) is 11.2 Å². The third-order valence-corrected chi connectivity index (χ3v) is 2.35. The van der Waals surface area contributed by atoms with Gasteiger partial charge in [-0.2, -0.15) is 0 Å². The summed E-state index contributed by atoms with van der Waals surface area (Å²) in [4.78, 5) is 14.5. The molecule has 14 heavy (non-hydrogen) atoms. The standard InChI is InChI=1S/C11H15NO2/c1-3-8(2)9-4-5-12-10(6-9)7-11(13)14/h4-6,8H,3,7H2,1-2H3,(H,13,14). The minimum absolute atomic E-state index is 0.00424. The minimum Gasteiger partial charge on any atom is -0.481 e. The Morgan fingerprint density at radius 2 is 2.36 bits per heavy atom. The van der Waals surface area contributed by atoms with Crippen LogP contribution in [-0.4, -0.2) is 16.1 Å². The number of pyridine rings is 1. The molecular formula is C11H15NO2. The van der Waals surface area contributed by atoms with Gasteiger partial charge in [0.25, 0.3) is 0 Å². The molecule has 1 rings (SSSR count). The van der Waals surface area contributed by atoms with E-state index in [2.05, 4.69) is 18.8 Å². The topological polar surface area (TPSA) is 50.2 Å². The molecule has 0 aliphatic carbocycles.